The molecule has 5 nitrogen and oxygen atoms in total. The quantitative estimate of drug-likeness (QED) is 0.778. The first kappa shape index (κ1) is 13.0. The third-order valence-corrected chi connectivity index (χ3v) is 2.86. The molecule has 0 spiro atoms. The molecular weight excluding hydrogens is 240 g/mol. The van der Waals surface area contributed by atoms with Crippen LogP contribution in [0.1, 0.15) is 21.5 Å². The molecule has 0 radical (unpaired) electrons. The van der Waals surface area contributed by atoms with Crippen LogP contribution in [-0.4, -0.2) is 10.9 Å². The lowest BCUT2D eigenvalue weighted by Gasteiger charge is -2.09. The molecule has 0 aliphatic rings. The Morgan fingerprint density at radius 3 is 2.53 bits per heavy atom. The van der Waals surface area contributed by atoms with E-state index in [-0.39, 0.29) is 11.7 Å². The number of hydrogen-bond donors (Lipinski definition) is 3. The Hall–Kier alpha value is -2.40. The fourth-order valence-electron chi connectivity index (χ4n) is 1.79. The number of nitrogen functional groups attached to an aromatic ring is 1. The number of rotatable bonds is 3. The molecule has 1 heterocycles. The topological polar surface area (TPSA) is 94.0 Å². The summed E-state index contributed by atoms with van der Waals surface area (Å²) >= 11 is 0. The average Bonchev–Trinajstić information content (AvgIpc) is 2.39. The van der Waals surface area contributed by atoms with Gasteiger partial charge in [0.2, 0.25) is 0 Å². The van der Waals surface area contributed by atoms with Crippen molar-refractivity contribution in [2.24, 2.45) is 5.73 Å². The Kier molecular flexibility index (Phi) is 3.77. The maximum atomic E-state index is 12.2. The number of nitrogens with zero attached hydrogens (tertiary/aromatic N) is 1. The number of amides is 1. The Labute approximate surface area is 111 Å². The maximum Gasteiger partial charge on any atom is 0.259 e. The van der Waals surface area contributed by atoms with Crippen LogP contribution in [0.4, 0.5) is 11.5 Å². The summed E-state index contributed by atoms with van der Waals surface area (Å²) < 4.78 is 0. The van der Waals surface area contributed by atoms with Gasteiger partial charge in [-0.2, -0.15) is 0 Å². The summed E-state index contributed by atoms with van der Waals surface area (Å²) in [5.74, 6) is -0.0281. The van der Waals surface area contributed by atoms with Gasteiger partial charge in [0.25, 0.3) is 5.91 Å². The minimum atomic E-state index is -0.261. The van der Waals surface area contributed by atoms with Crippen molar-refractivity contribution in [3.05, 3.63) is 53.2 Å². The monoisotopic (exact) mass is 256 g/mol. The normalized spacial score (nSPS) is 10.2. The van der Waals surface area contributed by atoms with Crippen LogP contribution in [0, 0.1) is 6.92 Å². The number of carbonyl (C=O) groups excluding carboxylic acids is 1. The van der Waals surface area contributed by atoms with Crippen LogP contribution in [-0.2, 0) is 6.54 Å². The van der Waals surface area contributed by atoms with Crippen molar-refractivity contribution in [3.8, 4) is 0 Å². The van der Waals surface area contributed by atoms with Crippen molar-refractivity contribution >= 4 is 17.4 Å². The van der Waals surface area contributed by atoms with E-state index in [1.807, 2.05) is 31.2 Å². The largest absolute Gasteiger partial charge is 0.383 e. The summed E-state index contributed by atoms with van der Waals surface area (Å²) in [6, 6.07) is 9.11. The summed E-state index contributed by atoms with van der Waals surface area (Å²) in [6.45, 7) is 2.30. The molecule has 1 amide bonds. The molecular formula is C14H16N4O. The number of hydrogen-bond acceptors (Lipinski definition) is 4. The number of aryl methyl sites for hydroxylation is 1. The van der Waals surface area contributed by atoms with Gasteiger partial charge < -0.3 is 16.8 Å². The van der Waals surface area contributed by atoms with Crippen LogP contribution in [0.25, 0.3) is 0 Å². The van der Waals surface area contributed by atoms with Crippen LogP contribution in [0.3, 0.4) is 0 Å². The zero-order chi connectivity index (χ0) is 13.8. The van der Waals surface area contributed by atoms with Gasteiger partial charge in [0, 0.05) is 18.4 Å². The van der Waals surface area contributed by atoms with Gasteiger partial charge in [0.15, 0.2) is 0 Å². The van der Waals surface area contributed by atoms with E-state index in [1.165, 1.54) is 0 Å². The highest BCUT2D eigenvalue weighted by Gasteiger charge is 2.13. The lowest BCUT2D eigenvalue weighted by Crippen LogP contribution is -2.16. The highest BCUT2D eigenvalue weighted by molar-refractivity contribution is 6.08. The zero-order valence-electron chi connectivity index (χ0n) is 10.7. The molecule has 19 heavy (non-hydrogen) atoms. The molecule has 0 atom stereocenters. The van der Waals surface area contributed by atoms with Crippen LogP contribution in [0.15, 0.2) is 36.5 Å². The van der Waals surface area contributed by atoms with Gasteiger partial charge in [-0.15, -0.1) is 0 Å². The predicted octanol–water partition coefficient (Wildman–Crippen LogP) is 1.68. The molecule has 1 aromatic heterocycles. The molecule has 98 valence electrons. The summed E-state index contributed by atoms with van der Waals surface area (Å²) in [5.41, 5.74) is 14.2. The highest BCUT2D eigenvalue weighted by Crippen LogP contribution is 2.16. The number of nitrogens with one attached hydrogen (secondary N) is 1. The molecule has 0 saturated carbocycles. The fraction of sp³-hybridized carbons (Fsp3) is 0.143. The van der Waals surface area contributed by atoms with Gasteiger partial charge in [-0.3, -0.25) is 4.79 Å². The minimum Gasteiger partial charge on any atom is -0.383 e. The molecule has 1 aromatic carbocycles. The summed E-state index contributed by atoms with van der Waals surface area (Å²) in [4.78, 5) is 16.1. The molecule has 0 aliphatic heterocycles. The smallest absolute Gasteiger partial charge is 0.259 e. The minimum absolute atomic E-state index is 0.232. The van der Waals surface area contributed by atoms with E-state index < -0.39 is 0 Å². The van der Waals surface area contributed by atoms with Gasteiger partial charge >= 0.3 is 0 Å². The molecule has 2 aromatic rings. The maximum absolute atomic E-state index is 12.2. The fourth-order valence-corrected chi connectivity index (χ4v) is 1.79. The molecule has 0 unspecified atom stereocenters. The Morgan fingerprint density at radius 2 is 1.95 bits per heavy atom. The van der Waals surface area contributed by atoms with Crippen molar-refractivity contribution in [3.63, 3.8) is 0 Å². The molecule has 0 aliphatic carbocycles. The number of anilines is 2. The van der Waals surface area contributed by atoms with Crippen LogP contribution in [0.2, 0.25) is 0 Å². The van der Waals surface area contributed by atoms with Crippen molar-refractivity contribution in [1.29, 1.82) is 0 Å². The van der Waals surface area contributed by atoms with Crippen molar-refractivity contribution in [2.45, 2.75) is 13.5 Å². The van der Waals surface area contributed by atoms with E-state index in [1.54, 1.807) is 12.3 Å². The van der Waals surface area contributed by atoms with Gasteiger partial charge in [0.1, 0.15) is 5.82 Å². The second-order valence-corrected chi connectivity index (χ2v) is 4.24. The second kappa shape index (κ2) is 5.49. The van der Waals surface area contributed by atoms with E-state index in [2.05, 4.69) is 10.3 Å². The lowest BCUT2D eigenvalue weighted by atomic mass is 10.1. The van der Waals surface area contributed by atoms with Crippen molar-refractivity contribution in [1.82, 2.24) is 4.98 Å². The number of carbonyl (C=O) groups is 1. The summed E-state index contributed by atoms with van der Waals surface area (Å²) in [5, 5.41) is 2.79. The third kappa shape index (κ3) is 2.89. The number of benzene rings is 1. The number of aromatic nitrogens is 1. The van der Waals surface area contributed by atoms with E-state index in [9.17, 15) is 4.79 Å². The number of pyridine rings is 1. The molecule has 0 fully saturated rings. The first-order valence-corrected chi connectivity index (χ1v) is 5.93. The average molecular weight is 256 g/mol. The van der Waals surface area contributed by atoms with Crippen molar-refractivity contribution in [2.75, 3.05) is 11.1 Å². The Morgan fingerprint density at radius 1 is 1.26 bits per heavy atom. The molecule has 0 saturated heterocycles. The van der Waals surface area contributed by atoms with Crippen LogP contribution >= 0.6 is 0 Å². The number of nitrogens with two attached hydrogens (primary N) is 2. The summed E-state index contributed by atoms with van der Waals surface area (Å²) in [7, 11) is 0. The van der Waals surface area contributed by atoms with Crippen molar-refractivity contribution < 1.29 is 4.79 Å². The first-order valence-electron chi connectivity index (χ1n) is 5.93. The van der Waals surface area contributed by atoms with Crippen LogP contribution in [0.5, 0.6) is 0 Å². The standard InChI is InChI=1S/C14H16N4O/c1-9-6-7-17-13(16)12(9)14(19)18-11-4-2-10(8-15)3-5-11/h2-7H,8,15H2,1H3,(H2,16,17)(H,18,19). The van der Waals surface area contributed by atoms with E-state index in [0.29, 0.717) is 17.8 Å². The van der Waals surface area contributed by atoms with Gasteiger partial charge in [-0.1, -0.05) is 12.1 Å². The Bertz CT molecular complexity index is 573. The van der Waals surface area contributed by atoms with Gasteiger partial charge in [-0.05, 0) is 36.2 Å². The first-order chi connectivity index (χ1) is 9.11. The molecule has 5 heteroatoms. The van der Waals surface area contributed by atoms with Crippen LogP contribution < -0.4 is 16.8 Å². The van der Waals surface area contributed by atoms with E-state index in [4.69, 9.17) is 11.5 Å². The molecule has 2 rings (SSSR count). The molecule has 5 N–H and O–H groups in total. The Balaban J connectivity index is 2.21. The molecule has 0 bridgehead atoms. The van der Waals surface area contributed by atoms with E-state index >= 15 is 0 Å². The third-order valence-electron chi connectivity index (χ3n) is 2.86. The SMILES string of the molecule is Cc1ccnc(N)c1C(=O)Nc1ccc(CN)cc1. The second-order valence-electron chi connectivity index (χ2n) is 4.24. The summed E-state index contributed by atoms with van der Waals surface area (Å²) in [6.07, 6.45) is 1.58. The van der Waals surface area contributed by atoms with Gasteiger partial charge in [0.05, 0.1) is 5.56 Å². The highest BCUT2D eigenvalue weighted by atomic mass is 16.1. The van der Waals surface area contributed by atoms with Gasteiger partial charge in [-0.25, -0.2) is 4.98 Å². The lowest BCUT2D eigenvalue weighted by molar-refractivity contribution is 0.102. The predicted molar refractivity (Wildman–Crippen MR) is 75.7 cm³/mol. The van der Waals surface area contributed by atoms with E-state index in [0.717, 1.165) is 11.1 Å². The zero-order valence-corrected chi connectivity index (χ0v) is 10.7.